The topological polar surface area (TPSA) is 26.3 Å². The number of methoxy groups -OCH3 is 1. The van der Waals surface area contributed by atoms with E-state index in [9.17, 15) is 4.79 Å². The van der Waals surface area contributed by atoms with Crippen molar-refractivity contribution in [2.45, 2.75) is 0 Å². The summed E-state index contributed by atoms with van der Waals surface area (Å²) in [6, 6.07) is 0. The Morgan fingerprint density at radius 2 is 2.20 bits per heavy atom. The summed E-state index contributed by atoms with van der Waals surface area (Å²) in [5, 5.41) is 0. The van der Waals surface area contributed by atoms with E-state index < -0.39 is 0 Å². The van der Waals surface area contributed by atoms with Crippen molar-refractivity contribution in [1.82, 2.24) is 0 Å². The Morgan fingerprint density at radius 3 is 2.20 bits per heavy atom. The monoisotopic (exact) mass is 66.0 g/mol. The first-order valence-corrected chi connectivity index (χ1v) is 1.32. The molecule has 0 bridgehead atoms. The summed E-state index contributed by atoms with van der Waals surface area (Å²) in [4.78, 5) is 9.59. The second-order valence-electron chi connectivity index (χ2n) is 0.696. The number of rotatable bonds is 0. The molecule has 0 aliphatic heterocycles. The summed E-state index contributed by atoms with van der Waals surface area (Å²) in [5.41, 5.74) is 0. The van der Waals surface area contributed by atoms with E-state index in [0.717, 1.165) is 0 Å². The van der Waals surface area contributed by atoms with E-state index in [-0.39, 0.29) is 4.64 Å². The summed E-state index contributed by atoms with van der Waals surface area (Å²) in [6.45, 7) is 0. The van der Waals surface area contributed by atoms with Crippen LogP contribution in [0.25, 0.3) is 0 Å². The molecule has 24 valence electrons. The van der Waals surface area contributed by atoms with Crippen molar-refractivity contribution in [1.29, 1.82) is 0 Å². The van der Waals surface area contributed by atoms with Crippen molar-refractivity contribution < 1.29 is 9.53 Å². The molecule has 0 aromatic carbocycles. The van der Waals surface area contributed by atoms with Crippen LogP contribution >= 0.6 is 0 Å². The quantitative estimate of drug-likeness (QED) is 0.370. The molecule has 2 nitrogen and oxygen atoms in total. The molecule has 0 radical (unpaired) electrons. The van der Waals surface area contributed by atoms with Gasteiger partial charge in [-0.05, 0) is 0 Å². The van der Waals surface area contributed by atoms with Crippen molar-refractivity contribution in [3.05, 3.63) is 0 Å². The zero-order valence-corrected chi connectivity index (χ0v) is 3.32. The molecule has 0 spiro atoms. The molecule has 0 saturated carbocycles. The van der Waals surface area contributed by atoms with Gasteiger partial charge in [-0.2, -0.15) is 0 Å². The van der Waals surface area contributed by atoms with Gasteiger partial charge in [0.2, 0.25) is 0 Å². The maximum absolute atomic E-state index is 9.59. The number of hydrogen-bond donors (Lipinski definition) is 0. The first kappa shape index (κ1) is 5.07. The second kappa shape index (κ2) is 2.31. The van der Waals surface area contributed by atoms with Crippen LogP contribution in [0.4, 0.5) is 4.79 Å². The summed E-state index contributed by atoms with van der Waals surface area (Å²) >= 11 is 1.36. The first-order chi connectivity index (χ1) is 2.27. The van der Waals surface area contributed by atoms with Crippen LogP contribution < -0.4 is 0 Å². The zero-order chi connectivity index (χ0) is 4.28. The summed E-state index contributed by atoms with van der Waals surface area (Å²) in [6.07, 6.45) is 0. The molecule has 0 aliphatic carbocycles. The second-order valence-corrected chi connectivity index (χ2v) is 0.696. The predicted octanol–water partition coefficient (Wildman–Crippen LogP) is -0.0787. The zero-order valence-electron chi connectivity index (χ0n) is 3.32. The third-order valence-corrected chi connectivity index (χ3v) is 0.287. The number of hydrogen-bond acceptors (Lipinski definition) is 2. The molecule has 0 aromatic rings. The SMILES string of the molecule is [Li][C](=O)OC. The van der Waals surface area contributed by atoms with Crippen molar-refractivity contribution in [3.8, 4) is 0 Å². The molecule has 0 saturated heterocycles. The van der Waals surface area contributed by atoms with Gasteiger partial charge in [-0.15, -0.1) is 0 Å². The fraction of sp³-hybridized carbons (Fsp3) is 0.500. The van der Waals surface area contributed by atoms with Gasteiger partial charge in [0.1, 0.15) is 0 Å². The summed E-state index contributed by atoms with van der Waals surface area (Å²) in [5.74, 6) is 0. The first-order valence-electron chi connectivity index (χ1n) is 1.32. The van der Waals surface area contributed by atoms with Crippen LogP contribution in [0.3, 0.4) is 0 Å². The average molecular weight is 66.0 g/mol. The number of carbonyl (C=O) groups is 1. The van der Waals surface area contributed by atoms with Crippen LogP contribution in [0.5, 0.6) is 0 Å². The van der Waals surface area contributed by atoms with Crippen molar-refractivity contribution in [2.24, 2.45) is 0 Å². The Hall–Kier alpha value is 0.0674. The van der Waals surface area contributed by atoms with Gasteiger partial charge in [-0.25, -0.2) is 0 Å². The average Bonchev–Trinajstić information content (AvgIpc) is 1.38. The van der Waals surface area contributed by atoms with Crippen LogP contribution in [0, 0.1) is 0 Å². The minimum atomic E-state index is -0.245. The molecule has 0 heterocycles. The van der Waals surface area contributed by atoms with Gasteiger partial charge in [0, 0.05) is 0 Å². The minimum absolute atomic E-state index is 0.245. The third kappa shape index (κ3) is 4.07. The van der Waals surface area contributed by atoms with Gasteiger partial charge in [0.15, 0.2) is 0 Å². The summed E-state index contributed by atoms with van der Waals surface area (Å²) in [7, 11) is 1.35. The third-order valence-electron chi connectivity index (χ3n) is 0.287. The van der Waals surface area contributed by atoms with Crippen molar-refractivity contribution >= 4 is 22.4 Å². The van der Waals surface area contributed by atoms with E-state index in [2.05, 4.69) is 4.74 Å². The Kier molecular flexibility index (Phi) is 2.34. The van der Waals surface area contributed by atoms with E-state index in [1.165, 1.54) is 24.8 Å². The van der Waals surface area contributed by atoms with E-state index in [0.29, 0.717) is 0 Å². The standard InChI is InChI=1S/C2H3O2.Li/c1-4-2-3;/h1H3;. The molecule has 0 aromatic heterocycles. The van der Waals surface area contributed by atoms with Crippen molar-refractivity contribution in [3.63, 3.8) is 0 Å². The molecule has 0 amide bonds. The molecule has 0 unspecified atom stereocenters. The van der Waals surface area contributed by atoms with Gasteiger partial charge >= 0.3 is 39.0 Å². The molecule has 0 fully saturated rings. The number of ether oxygens (including phenoxy) is 1. The molecule has 0 aliphatic rings. The van der Waals surface area contributed by atoms with Crippen LogP contribution in [-0.4, -0.2) is 29.5 Å². The van der Waals surface area contributed by atoms with E-state index in [4.69, 9.17) is 0 Å². The van der Waals surface area contributed by atoms with E-state index in [1.807, 2.05) is 0 Å². The normalized spacial score (nSPS) is 7.00. The van der Waals surface area contributed by atoms with Crippen LogP contribution in [0.1, 0.15) is 0 Å². The fourth-order valence-corrected chi connectivity index (χ4v) is 0. The Bertz CT molecular complexity index is 42.9. The van der Waals surface area contributed by atoms with Gasteiger partial charge < -0.3 is 0 Å². The predicted molar refractivity (Wildman–Crippen MR) is 18.2 cm³/mol. The fourth-order valence-electron chi connectivity index (χ4n) is 0. The van der Waals surface area contributed by atoms with Gasteiger partial charge in [-0.1, -0.05) is 0 Å². The molecule has 5 heavy (non-hydrogen) atoms. The van der Waals surface area contributed by atoms with Gasteiger partial charge in [0.05, 0.1) is 0 Å². The van der Waals surface area contributed by atoms with E-state index in [1.54, 1.807) is 0 Å². The van der Waals surface area contributed by atoms with Crippen LogP contribution in [0.15, 0.2) is 0 Å². The molecule has 0 N–H and O–H groups in total. The molecular formula is C2H3LiO2. The Balaban J connectivity index is 2.85. The molecular weight excluding hydrogens is 63.0 g/mol. The van der Waals surface area contributed by atoms with Crippen LogP contribution in [0.2, 0.25) is 0 Å². The van der Waals surface area contributed by atoms with Crippen LogP contribution in [-0.2, 0) is 4.74 Å². The maximum atomic E-state index is 9.59. The molecule has 0 atom stereocenters. The van der Waals surface area contributed by atoms with E-state index >= 15 is 0 Å². The molecule has 0 rings (SSSR count). The number of carbonyl (C=O) groups excluding carboxylic acids is 1. The molecule has 3 heteroatoms. The van der Waals surface area contributed by atoms with Gasteiger partial charge in [0.25, 0.3) is 0 Å². The van der Waals surface area contributed by atoms with Crippen molar-refractivity contribution in [2.75, 3.05) is 7.11 Å². The Labute approximate surface area is 39.7 Å². The summed E-state index contributed by atoms with van der Waals surface area (Å²) < 4.78 is 3.87. The van der Waals surface area contributed by atoms with Gasteiger partial charge in [-0.3, -0.25) is 0 Å². The Morgan fingerprint density at radius 1 is 2.00 bits per heavy atom.